The van der Waals surface area contributed by atoms with Gasteiger partial charge in [0.15, 0.2) is 5.65 Å². The van der Waals surface area contributed by atoms with Gasteiger partial charge in [-0.25, -0.2) is 4.98 Å². The van der Waals surface area contributed by atoms with Gasteiger partial charge in [-0.2, -0.15) is 0 Å². The molecule has 1 aromatic carbocycles. The molecule has 0 aliphatic heterocycles. The Morgan fingerprint density at radius 1 is 1.16 bits per heavy atom. The van der Waals surface area contributed by atoms with Crippen LogP contribution in [-0.4, -0.2) is 14.4 Å². The fraction of sp³-hybridized carbons (Fsp3) is 0.250. The zero-order valence-electron chi connectivity index (χ0n) is 11.2. The van der Waals surface area contributed by atoms with Crippen molar-refractivity contribution in [2.45, 2.75) is 20.3 Å². The van der Waals surface area contributed by atoms with E-state index in [4.69, 9.17) is 0 Å². The Hall–Kier alpha value is -2.16. The molecule has 0 radical (unpaired) electrons. The minimum atomic E-state index is 0.687. The van der Waals surface area contributed by atoms with E-state index in [1.54, 1.807) is 12.4 Å². The van der Waals surface area contributed by atoms with E-state index in [-0.39, 0.29) is 0 Å². The lowest BCUT2D eigenvalue weighted by molar-refractivity contribution is 0.647. The van der Waals surface area contributed by atoms with Gasteiger partial charge >= 0.3 is 0 Å². The fourth-order valence-electron chi connectivity index (χ4n) is 2.26. The molecule has 0 unspecified atom stereocenters. The zero-order chi connectivity index (χ0) is 13.2. The van der Waals surface area contributed by atoms with Crippen molar-refractivity contribution in [2.24, 2.45) is 5.92 Å². The van der Waals surface area contributed by atoms with Crippen LogP contribution < -0.4 is 0 Å². The highest BCUT2D eigenvalue weighted by atomic mass is 15.0. The number of imidazole rings is 1. The summed E-state index contributed by atoms with van der Waals surface area (Å²) in [7, 11) is 0. The highest BCUT2D eigenvalue weighted by molar-refractivity contribution is 5.62. The summed E-state index contributed by atoms with van der Waals surface area (Å²) in [5.41, 5.74) is 4.40. The molecule has 0 amide bonds. The van der Waals surface area contributed by atoms with Crippen LogP contribution in [0.4, 0.5) is 0 Å². The SMILES string of the molecule is CC(C)Cc1ccc(-c2cn3ccncc3n2)cc1. The molecule has 19 heavy (non-hydrogen) atoms. The van der Waals surface area contributed by atoms with Gasteiger partial charge in [-0.3, -0.25) is 4.98 Å². The molecule has 0 saturated heterocycles. The number of aromatic nitrogens is 3. The van der Waals surface area contributed by atoms with Crippen LogP contribution in [0, 0.1) is 5.92 Å². The summed E-state index contributed by atoms with van der Waals surface area (Å²) in [6.07, 6.45) is 8.61. The molecule has 0 spiro atoms. The maximum atomic E-state index is 4.57. The maximum absolute atomic E-state index is 4.57. The van der Waals surface area contributed by atoms with Gasteiger partial charge < -0.3 is 4.40 Å². The number of hydrogen-bond donors (Lipinski definition) is 0. The van der Waals surface area contributed by atoms with Crippen molar-refractivity contribution in [1.82, 2.24) is 14.4 Å². The van der Waals surface area contributed by atoms with Gasteiger partial charge in [0.2, 0.25) is 0 Å². The highest BCUT2D eigenvalue weighted by Crippen LogP contribution is 2.20. The third kappa shape index (κ3) is 2.50. The van der Waals surface area contributed by atoms with E-state index in [0.717, 1.165) is 23.3 Å². The van der Waals surface area contributed by atoms with Crippen LogP contribution in [-0.2, 0) is 6.42 Å². The summed E-state index contributed by atoms with van der Waals surface area (Å²) in [5, 5.41) is 0. The fourth-order valence-corrected chi connectivity index (χ4v) is 2.26. The van der Waals surface area contributed by atoms with Gasteiger partial charge in [-0.05, 0) is 17.9 Å². The van der Waals surface area contributed by atoms with E-state index in [1.165, 1.54) is 5.56 Å². The molecule has 0 fully saturated rings. The molecule has 96 valence electrons. The first-order valence-corrected chi connectivity index (χ1v) is 6.60. The average Bonchev–Trinajstić information content (AvgIpc) is 2.82. The molecule has 0 saturated carbocycles. The first kappa shape index (κ1) is 11.9. The van der Waals surface area contributed by atoms with Gasteiger partial charge in [0, 0.05) is 24.2 Å². The molecule has 0 atom stereocenters. The summed E-state index contributed by atoms with van der Waals surface area (Å²) >= 11 is 0. The maximum Gasteiger partial charge on any atom is 0.155 e. The minimum absolute atomic E-state index is 0.687. The Morgan fingerprint density at radius 2 is 1.95 bits per heavy atom. The monoisotopic (exact) mass is 251 g/mol. The number of rotatable bonds is 3. The van der Waals surface area contributed by atoms with E-state index in [2.05, 4.69) is 48.1 Å². The second kappa shape index (κ2) is 4.84. The van der Waals surface area contributed by atoms with Crippen LogP contribution in [0.1, 0.15) is 19.4 Å². The first-order valence-electron chi connectivity index (χ1n) is 6.60. The second-order valence-electron chi connectivity index (χ2n) is 5.26. The Morgan fingerprint density at radius 3 is 2.63 bits per heavy atom. The molecule has 2 heterocycles. The molecule has 0 aliphatic carbocycles. The molecule has 3 rings (SSSR count). The van der Waals surface area contributed by atoms with Crippen molar-refractivity contribution in [3.05, 3.63) is 54.6 Å². The minimum Gasteiger partial charge on any atom is -0.304 e. The van der Waals surface area contributed by atoms with E-state index in [0.29, 0.717) is 5.92 Å². The molecule has 2 aromatic heterocycles. The summed E-state index contributed by atoms with van der Waals surface area (Å²) in [5.74, 6) is 0.687. The molecular formula is C16H17N3. The van der Waals surface area contributed by atoms with Crippen molar-refractivity contribution in [1.29, 1.82) is 0 Å². The van der Waals surface area contributed by atoms with Crippen molar-refractivity contribution in [2.75, 3.05) is 0 Å². The van der Waals surface area contributed by atoms with Gasteiger partial charge in [-0.1, -0.05) is 38.1 Å². The zero-order valence-corrected chi connectivity index (χ0v) is 11.2. The predicted molar refractivity (Wildman–Crippen MR) is 77.0 cm³/mol. The van der Waals surface area contributed by atoms with Crippen LogP contribution in [0.15, 0.2) is 49.1 Å². The lowest BCUT2D eigenvalue weighted by atomic mass is 10.0. The van der Waals surface area contributed by atoms with E-state index < -0.39 is 0 Å². The number of fused-ring (bicyclic) bond motifs is 1. The number of benzene rings is 1. The number of nitrogens with zero attached hydrogens (tertiary/aromatic N) is 3. The third-order valence-electron chi connectivity index (χ3n) is 3.16. The predicted octanol–water partition coefficient (Wildman–Crippen LogP) is 3.59. The molecule has 0 aliphatic rings. The van der Waals surface area contributed by atoms with Gasteiger partial charge in [0.25, 0.3) is 0 Å². The van der Waals surface area contributed by atoms with Gasteiger partial charge in [0.1, 0.15) is 0 Å². The topological polar surface area (TPSA) is 30.2 Å². The van der Waals surface area contributed by atoms with Crippen molar-refractivity contribution in [3.8, 4) is 11.3 Å². The van der Waals surface area contributed by atoms with E-state index in [1.807, 2.05) is 16.8 Å². The molecular weight excluding hydrogens is 234 g/mol. The molecule has 3 nitrogen and oxygen atoms in total. The van der Waals surface area contributed by atoms with Crippen molar-refractivity contribution < 1.29 is 0 Å². The smallest absolute Gasteiger partial charge is 0.155 e. The summed E-state index contributed by atoms with van der Waals surface area (Å²) in [6, 6.07) is 8.68. The second-order valence-corrected chi connectivity index (χ2v) is 5.26. The van der Waals surface area contributed by atoms with Crippen LogP contribution in [0.3, 0.4) is 0 Å². The molecule has 0 bridgehead atoms. The Kier molecular flexibility index (Phi) is 3.03. The first-order chi connectivity index (χ1) is 9.22. The summed E-state index contributed by atoms with van der Waals surface area (Å²) in [4.78, 5) is 8.66. The molecule has 3 heteroatoms. The third-order valence-corrected chi connectivity index (χ3v) is 3.16. The largest absolute Gasteiger partial charge is 0.304 e. The van der Waals surface area contributed by atoms with Crippen LogP contribution in [0.5, 0.6) is 0 Å². The summed E-state index contributed by atoms with van der Waals surface area (Å²) < 4.78 is 1.99. The lowest BCUT2D eigenvalue weighted by Crippen LogP contribution is -1.93. The van der Waals surface area contributed by atoms with Gasteiger partial charge in [0.05, 0.1) is 11.9 Å². The van der Waals surface area contributed by atoms with Gasteiger partial charge in [-0.15, -0.1) is 0 Å². The normalized spacial score (nSPS) is 11.3. The van der Waals surface area contributed by atoms with E-state index >= 15 is 0 Å². The van der Waals surface area contributed by atoms with Crippen molar-refractivity contribution in [3.63, 3.8) is 0 Å². The molecule has 0 N–H and O–H groups in total. The Labute approximate surface area is 113 Å². The number of hydrogen-bond acceptors (Lipinski definition) is 2. The Bertz CT molecular complexity index is 648. The van der Waals surface area contributed by atoms with Crippen LogP contribution in [0.2, 0.25) is 0 Å². The van der Waals surface area contributed by atoms with Crippen LogP contribution in [0.25, 0.3) is 16.9 Å². The quantitative estimate of drug-likeness (QED) is 0.712. The molecule has 3 aromatic rings. The van der Waals surface area contributed by atoms with Crippen molar-refractivity contribution >= 4 is 5.65 Å². The van der Waals surface area contributed by atoms with Crippen LogP contribution >= 0.6 is 0 Å². The highest BCUT2D eigenvalue weighted by Gasteiger charge is 2.04. The summed E-state index contributed by atoms with van der Waals surface area (Å²) in [6.45, 7) is 4.48. The van der Waals surface area contributed by atoms with E-state index in [9.17, 15) is 0 Å². The lowest BCUT2D eigenvalue weighted by Gasteiger charge is -2.05. The average molecular weight is 251 g/mol. The Balaban J connectivity index is 1.93. The standard InChI is InChI=1S/C16H17N3/c1-12(2)9-13-3-5-14(6-4-13)15-11-19-8-7-17-10-16(19)18-15/h3-8,10-12H,9H2,1-2H3.